The maximum atomic E-state index is 13.0. The lowest BCUT2D eigenvalue weighted by Crippen LogP contribution is -2.04. The summed E-state index contributed by atoms with van der Waals surface area (Å²) in [5.74, 6) is -2.21. The van der Waals surface area contributed by atoms with Gasteiger partial charge in [0, 0.05) is 0 Å². The Morgan fingerprint density at radius 1 is 1.05 bits per heavy atom. The first-order valence-corrected chi connectivity index (χ1v) is 5.46. The van der Waals surface area contributed by atoms with Crippen LogP contribution in [0.2, 0.25) is 0 Å². The van der Waals surface area contributed by atoms with E-state index in [1.165, 1.54) is 30.3 Å². The lowest BCUT2D eigenvalue weighted by atomic mass is 10.2. The molecule has 0 atom stereocenters. The van der Waals surface area contributed by atoms with Crippen molar-refractivity contribution >= 4 is 5.97 Å². The summed E-state index contributed by atoms with van der Waals surface area (Å²) in [4.78, 5) is 10.9. The van der Waals surface area contributed by atoms with Crippen LogP contribution >= 0.6 is 0 Å². The van der Waals surface area contributed by atoms with E-state index in [-0.39, 0.29) is 23.7 Å². The van der Waals surface area contributed by atoms with Crippen molar-refractivity contribution in [1.29, 1.82) is 0 Å². The fraction of sp³-hybridized carbons (Fsp3) is 0.0714. The minimum Gasteiger partial charge on any atom is -0.488 e. The summed E-state index contributed by atoms with van der Waals surface area (Å²) in [6.45, 7) is 0.0756. The van der Waals surface area contributed by atoms with E-state index in [9.17, 15) is 13.6 Å². The molecule has 0 spiro atoms. The fourth-order valence-corrected chi connectivity index (χ4v) is 1.54. The highest BCUT2D eigenvalue weighted by molar-refractivity contribution is 5.90. The first-order chi connectivity index (χ1) is 9.06. The van der Waals surface area contributed by atoms with Gasteiger partial charge in [0.2, 0.25) is 0 Å². The lowest BCUT2D eigenvalue weighted by Gasteiger charge is -2.09. The Kier molecular flexibility index (Phi) is 3.75. The van der Waals surface area contributed by atoms with Crippen molar-refractivity contribution in [2.24, 2.45) is 0 Å². The van der Waals surface area contributed by atoms with Gasteiger partial charge < -0.3 is 9.84 Å². The normalized spacial score (nSPS) is 10.2. The molecule has 0 unspecified atom stereocenters. The molecule has 0 saturated carbocycles. The molecule has 0 aliphatic rings. The molecule has 0 aliphatic heterocycles. The van der Waals surface area contributed by atoms with Gasteiger partial charge >= 0.3 is 5.97 Å². The Labute approximate surface area is 108 Å². The predicted molar refractivity (Wildman–Crippen MR) is 64.1 cm³/mol. The number of hydrogen-bond donors (Lipinski definition) is 1. The molecule has 0 bridgehead atoms. The van der Waals surface area contributed by atoms with Gasteiger partial charge in [-0.05, 0) is 35.9 Å². The summed E-state index contributed by atoms with van der Waals surface area (Å²) in [7, 11) is 0. The van der Waals surface area contributed by atoms with Crippen molar-refractivity contribution in [2.45, 2.75) is 6.61 Å². The molecule has 0 radical (unpaired) electrons. The predicted octanol–water partition coefficient (Wildman–Crippen LogP) is 3.24. The second-order valence-corrected chi connectivity index (χ2v) is 3.86. The zero-order chi connectivity index (χ0) is 13.8. The Morgan fingerprint density at radius 2 is 1.68 bits per heavy atom. The number of hydrogen-bond acceptors (Lipinski definition) is 2. The van der Waals surface area contributed by atoms with Gasteiger partial charge in [0.25, 0.3) is 0 Å². The monoisotopic (exact) mass is 264 g/mol. The van der Waals surface area contributed by atoms with Gasteiger partial charge in [-0.15, -0.1) is 0 Å². The number of ether oxygens (including phenoxy) is 1. The Bertz CT molecular complexity index is 594. The summed E-state index contributed by atoms with van der Waals surface area (Å²) in [6.07, 6.45) is 0. The number of carboxylic acid groups (broad SMARTS) is 1. The highest BCUT2D eigenvalue weighted by Gasteiger charge is 2.12. The van der Waals surface area contributed by atoms with Crippen molar-refractivity contribution in [3.05, 3.63) is 65.2 Å². The van der Waals surface area contributed by atoms with E-state index in [1.807, 2.05) is 0 Å². The molecule has 5 heteroatoms. The Morgan fingerprint density at radius 3 is 2.32 bits per heavy atom. The fourth-order valence-electron chi connectivity index (χ4n) is 1.54. The molecule has 98 valence electrons. The SMILES string of the molecule is O=C(O)c1cc(F)ccc1OCc1ccc(F)cc1. The smallest absolute Gasteiger partial charge is 0.339 e. The van der Waals surface area contributed by atoms with E-state index in [4.69, 9.17) is 9.84 Å². The third-order valence-electron chi connectivity index (χ3n) is 2.48. The van der Waals surface area contributed by atoms with Gasteiger partial charge in [-0.3, -0.25) is 0 Å². The molecule has 0 aliphatic carbocycles. The number of carbonyl (C=O) groups is 1. The van der Waals surface area contributed by atoms with Crippen LogP contribution in [0.25, 0.3) is 0 Å². The maximum Gasteiger partial charge on any atom is 0.339 e. The molecule has 19 heavy (non-hydrogen) atoms. The molecule has 1 N–H and O–H groups in total. The van der Waals surface area contributed by atoms with Crippen molar-refractivity contribution in [3.63, 3.8) is 0 Å². The van der Waals surface area contributed by atoms with Crippen LogP contribution in [0.5, 0.6) is 5.75 Å². The van der Waals surface area contributed by atoms with Gasteiger partial charge in [-0.25, -0.2) is 13.6 Å². The minimum absolute atomic E-state index is 0.0678. The van der Waals surface area contributed by atoms with Crippen LogP contribution in [0.15, 0.2) is 42.5 Å². The molecular weight excluding hydrogens is 254 g/mol. The quantitative estimate of drug-likeness (QED) is 0.922. The zero-order valence-corrected chi connectivity index (χ0v) is 9.77. The molecular formula is C14H10F2O3. The summed E-state index contributed by atoms with van der Waals surface area (Å²) in [5, 5.41) is 8.93. The molecule has 0 heterocycles. The molecule has 2 aromatic carbocycles. The van der Waals surface area contributed by atoms with E-state index in [1.54, 1.807) is 0 Å². The van der Waals surface area contributed by atoms with Gasteiger partial charge in [0.1, 0.15) is 29.6 Å². The molecule has 0 saturated heterocycles. The van der Waals surface area contributed by atoms with Crippen molar-refractivity contribution < 1.29 is 23.4 Å². The molecule has 2 aromatic rings. The molecule has 0 fully saturated rings. The van der Waals surface area contributed by atoms with Crippen LogP contribution in [0, 0.1) is 11.6 Å². The first kappa shape index (κ1) is 13.0. The van der Waals surface area contributed by atoms with E-state index in [0.29, 0.717) is 5.56 Å². The van der Waals surface area contributed by atoms with Crippen LogP contribution in [0.1, 0.15) is 15.9 Å². The second kappa shape index (κ2) is 5.48. The third kappa shape index (κ3) is 3.28. The van der Waals surface area contributed by atoms with E-state index in [2.05, 4.69) is 0 Å². The van der Waals surface area contributed by atoms with Crippen LogP contribution in [-0.4, -0.2) is 11.1 Å². The standard InChI is InChI=1S/C14H10F2O3/c15-10-3-1-9(2-4-10)8-19-13-6-5-11(16)7-12(13)14(17)18/h1-7H,8H2,(H,17,18). The van der Waals surface area contributed by atoms with Crippen molar-refractivity contribution in [3.8, 4) is 5.75 Å². The highest BCUT2D eigenvalue weighted by Crippen LogP contribution is 2.21. The molecule has 3 nitrogen and oxygen atoms in total. The summed E-state index contributed by atoms with van der Waals surface area (Å²) in [6, 6.07) is 8.87. The van der Waals surface area contributed by atoms with Gasteiger partial charge in [0.15, 0.2) is 0 Å². The topological polar surface area (TPSA) is 46.5 Å². The van der Waals surface area contributed by atoms with E-state index < -0.39 is 11.8 Å². The zero-order valence-electron chi connectivity index (χ0n) is 9.77. The van der Waals surface area contributed by atoms with Crippen LogP contribution < -0.4 is 4.74 Å². The van der Waals surface area contributed by atoms with Crippen LogP contribution in [0.4, 0.5) is 8.78 Å². The number of carboxylic acids is 1. The largest absolute Gasteiger partial charge is 0.488 e. The van der Waals surface area contributed by atoms with E-state index >= 15 is 0 Å². The highest BCUT2D eigenvalue weighted by atomic mass is 19.1. The molecule has 0 aromatic heterocycles. The maximum absolute atomic E-state index is 13.0. The Balaban J connectivity index is 2.15. The van der Waals surface area contributed by atoms with Gasteiger partial charge in [-0.1, -0.05) is 12.1 Å². The van der Waals surface area contributed by atoms with Crippen molar-refractivity contribution in [1.82, 2.24) is 0 Å². The van der Waals surface area contributed by atoms with E-state index in [0.717, 1.165) is 12.1 Å². The summed E-state index contributed by atoms with van der Waals surface area (Å²) >= 11 is 0. The summed E-state index contributed by atoms with van der Waals surface area (Å²) in [5.41, 5.74) is 0.434. The van der Waals surface area contributed by atoms with Gasteiger partial charge in [0.05, 0.1) is 0 Å². The average molecular weight is 264 g/mol. The number of rotatable bonds is 4. The van der Waals surface area contributed by atoms with Crippen LogP contribution in [0.3, 0.4) is 0 Å². The number of benzene rings is 2. The molecule has 0 amide bonds. The number of aromatic carboxylic acids is 1. The Hall–Kier alpha value is -2.43. The molecule has 2 rings (SSSR count). The van der Waals surface area contributed by atoms with Gasteiger partial charge in [-0.2, -0.15) is 0 Å². The summed E-state index contributed by atoms with van der Waals surface area (Å²) < 4.78 is 31.0. The third-order valence-corrected chi connectivity index (χ3v) is 2.48. The van der Waals surface area contributed by atoms with Crippen LogP contribution in [-0.2, 0) is 6.61 Å². The second-order valence-electron chi connectivity index (χ2n) is 3.86. The lowest BCUT2D eigenvalue weighted by molar-refractivity contribution is 0.0691. The number of halogens is 2. The minimum atomic E-state index is -1.27. The first-order valence-electron chi connectivity index (χ1n) is 5.46. The average Bonchev–Trinajstić information content (AvgIpc) is 2.39. The van der Waals surface area contributed by atoms with Crippen molar-refractivity contribution in [2.75, 3.05) is 0 Å².